The summed E-state index contributed by atoms with van der Waals surface area (Å²) in [5, 5.41) is 3.90. The molecule has 17 heavy (non-hydrogen) atoms. The highest BCUT2D eigenvalue weighted by atomic mass is 79.9. The maximum Gasteiger partial charge on any atom is 0.266 e. The molecule has 0 saturated heterocycles. The van der Waals surface area contributed by atoms with Crippen molar-refractivity contribution in [2.75, 3.05) is 24.2 Å². The number of aromatic nitrogens is 2. The SMILES string of the molecule is CCN(C)c1noc(-c2ccc(Br)cc2N)n1. The first-order valence-electron chi connectivity index (χ1n) is 5.22. The van der Waals surface area contributed by atoms with Crippen LogP contribution in [0.4, 0.5) is 11.6 Å². The fraction of sp³-hybridized carbons (Fsp3) is 0.273. The Hall–Kier alpha value is -1.56. The second-order valence-corrected chi connectivity index (χ2v) is 4.56. The van der Waals surface area contributed by atoms with Crippen molar-refractivity contribution in [3.63, 3.8) is 0 Å². The van der Waals surface area contributed by atoms with Crippen LogP contribution in [-0.2, 0) is 0 Å². The molecule has 6 heteroatoms. The van der Waals surface area contributed by atoms with Crippen LogP contribution in [-0.4, -0.2) is 23.7 Å². The molecule has 90 valence electrons. The van der Waals surface area contributed by atoms with E-state index in [0.29, 0.717) is 17.5 Å². The summed E-state index contributed by atoms with van der Waals surface area (Å²) in [6.07, 6.45) is 0. The first-order valence-corrected chi connectivity index (χ1v) is 6.01. The lowest BCUT2D eigenvalue weighted by atomic mass is 10.2. The Morgan fingerprint density at radius 1 is 1.47 bits per heavy atom. The van der Waals surface area contributed by atoms with Crippen LogP contribution in [0, 0.1) is 0 Å². The zero-order valence-electron chi connectivity index (χ0n) is 9.64. The van der Waals surface area contributed by atoms with Crippen LogP contribution >= 0.6 is 15.9 Å². The van der Waals surface area contributed by atoms with E-state index in [-0.39, 0.29) is 0 Å². The van der Waals surface area contributed by atoms with Gasteiger partial charge in [0.1, 0.15) is 0 Å². The van der Waals surface area contributed by atoms with Gasteiger partial charge in [0.15, 0.2) is 0 Å². The second-order valence-electron chi connectivity index (χ2n) is 3.65. The molecule has 0 aliphatic rings. The monoisotopic (exact) mass is 296 g/mol. The van der Waals surface area contributed by atoms with Crippen molar-refractivity contribution in [2.24, 2.45) is 0 Å². The number of hydrogen-bond acceptors (Lipinski definition) is 5. The van der Waals surface area contributed by atoms with Gasteiger partial charge in [0.2, 0.25) is 0 Å². The topological polar surface area (TPSA) is 68.2 Å². The van der Waals surface area contributed by atoms with Crippen LogP contribution in [0.2, 0.25) is 0 Å². The molecule has 0 bridgehead atoms. The molecule has 5 nitrogen and oxygen atoms in total. The molecule has 1 aromatic carbocycles. The third kappa shape index (κ3) is 2.41. The van der Waals surface area contributed by atoms with Crippen LogP contribution in [0.25, 0.3) is 11.5 Å². The summed E-state index contributed by atoms with van der Waals surface area (Å²) >= 11 is 3.35. The minimum atomic E-state index is 0.435. The Labute approximate surface area is 108 Å². The normalized spacial score (nSPS) is 10.5. The first-order chi connectivity index (χ1) is 8.11. The molecule has 2 aromatic rings. The van der Waals surface area contributed by atoms with Gasteiger partial charge in [-0.05, 0) is 30.3 Å². The molecule has 0 amide bonds. The zero-order valence-corrected chi connectivity index (χ0v) is 11.2. The minimum Gasteiger partial charge on any atom is -0.398 e. The summed E-state index contributed by atoms with van der Waals surface area (Å²) in [6.45, 7) is 2.83. The average Bonchev–Trinajstić information content (AvgIpc) is 2.77. The number of nitrogen functional groups attached to an aromatic ring is 1. The lowest BCUT2D eigenvalue weighted by molar-refractivity contribution is 0.430. The van der Waals surface area contributed by atoms with E-state index in [1.54, 1.807) is 0 Å². The number of nitrogens with zero attached hydrogens (tertiary/aromatic N) is 3. The van der Waals surface area contributed by atoms with Crippen molar-refractivity contribution in [3.8, 4) is 11.5 Å². The molecule has 0 saturated carbocycles. The van der Waals surface area contributed by atoms with E-state index in [1.165, 1.54) is 0 Å². The summed E-state index contributed by atoms with van der Waals surface area (Å²) < 4.78 is 6.12. The number of hydrogen-bond donors (Lipinski definition) is 1. The van der Waals surface area contributed by atoms with E-state index in [4.69, 9.17) is 10.3 Å². The van der Waals surface area contributed by atoms with E-state index in [1.807, 2.05) is 37.1 Å². The zero-order chi connectivity index (χ0) is 12.4. The molecule has 0 atom stereocenters. The summed E-state index contributed by atoms with van der Waals surface area (Å²) in [5.74, 6) is 0.995. The number of nitrogens with two attached hydrogens (primary N) is 1. The third-order valence-corrected chi connectivity index (χ3v) is 2.97. The van der Waals surface area contributed by atoms with Gasteiger partial charge in [0, 0.05) is 23.8 Å². The minimum absolute atomic E-state index is 0.435. The Morgan fingerprint density at radius 3 is 2.88 bits per heavy atom. The molecular formula is C11H13BrN4O. The molecule has 0 fully saturated rings. The van der Waals surface area contributed by atoms with E-state index in [2.05, 4.69) is 26.1 Å². The van der Waals surface area contributed by atoms with Gasteiger partial charge in [-0.1, -0.05) is 15.9 Å². The van der Waals surface area contributed by atoms with Gasteiger partial charge in [-0.2, -0.15) is 4.98 Å². The highest BCUT2D eigenvalue weighted by Gasteiger charge is 2.13. The summed E-state index contributed by atoms with van der Waals surface area (Å²) in [7, 11) is 1.90. The van der Waals surface area contributed by atoms with Gasteiger partial charge in [-0.3, -0.25) is 0 Å². The van der Waals surface area contributed by atoms with Gasteiger partial charge in [-0.15, -0.1) is 0 Å². The highest BCUT2D eigenvalue weighted by Crippen LogP contribution is 2.28. The maximum absolute atomic E-state index is 5.90. The second kappa shape index (κ2) is 4.75. The van der Waals surface area contributed by atoms with Crippen LogP contribution in [0.1, 0.15) is 6.92 Å². The molecule has 0 radical (unpaired) electrons. The summed E-state index contributed by atoms with van der Waals surface area (Å²) in [4.78, 5) is 6.19. The Bertz CT molecular complexity index is 526. The van der Waals surface area contributed by atoms with Gasteiger partial charge in [0.25, 0.3) is 11.8 Å². The lowest BCUT2D eigenvalue weighted by Gasteiger charge is -2.08. The molecule has 1 heterocycles. The van der Waals surface area contributed by atoms with Crippen molar-refractivity contribution in [1.29, 1.82) is 0 Å². The van der Waals surface area contributed by atoms with Gasteiger partial charge in [0.05, 0.1) is 5.56 Å². The summed E-state index contributed by atoms with van der Waals surface area (Å²) in [6, 6.07) is 5.55. The van der Waals surface area contributed by atoms with Crippen molar-refractivity contribution in [1.82, 2.24) is 10.1 Å². The van der Waals surface area contributed by atoms with Crippen LogP contribution in [0.15, 0.2) is 27.2 Å². The molecule has 0 aliphatic carbocycles. The third-order valence-electron chi connectivity index (χ3n) is 2.48. The van der Waals surface area contributed by atoms with Gasteiger partial charge in [-0.25, -0.2) is 0 Å². The predicted octanol–water partition coefficient (Wildman–Crippen LogP) is 2.54. The fourth-order valence-corrected chi connectivity index (χ4v) is 1.73. The standard InChI is InChI=1S/C11H13BrN4O/c1-3-16(2)11-14-10(17-15-11)8-5-4-7(12)6-9(8)13/h4-6H,3,13H2,1-2H3. The Morgan fingerprint density at radius 2 is 2.24 bits per heavy atom. The lowest BCUT2D eigenvalue weighted by Crippen LogP contribution is -2.16. The van der Waals surface area contributed by atoms with Crippen molar-refractivity contribution < 1.29 is 4.52 Å². The predicted molar refractivity (Wildman–Crippen MR) is 70.8 cm³/mol. The Kier molecular flexibility index (Phi) is 3.33. The van der Waals surface area contributed by atoms with Crippen molar-refractivity contribution >= 4 is 27.6 Å². The van der Waals surface area contributed by atoms with Crippen LogP contribution in [0.5, 0.6) is 0 Å². The molecular weight excluding hydrogens is 284 g/mol. The quantitative estimate of drug-likeness (QED) is 0.882. The summed E-state index contributed by atoms with van der Waals surface area (Å²) in [5.41, 5.74) is 7.25. The molecule has 0 unspecified atom stereocenters. The average molecular weight is 297 g/mol. The van der Waals surface area contributed by atoms with Crippen molar-refractivity contribution in [2.45, 2.75) is 6.92 Å². The van der Waals surface area contributed by atoms with Crippen LogP contribution in [0.3, 0.4) is 0 Å². The molecule has 0 spiro atoms. The highest BCUT2D eigenvalue weighted by molar-refractivity contribution is 9.10. The van der Waals surface area contributed by atoms with Crippen LogP contribution < -0.4 is 10.6 Å². The largest absolute Gasteiger partial charge is 0.398 e. The van der Waals surface area contributed by atoms with E-state index < -0.39 is 0 Å². The van der Waals surface area contributed by atoms with Gasteiger partial charge >= 0.3 is 0 Å². The van der Waals surface area contributed by atoms with Gasteiger partial charge < -0.3 is 15.2 Å². The smallest absolute Gasteiger partial charge is 0.266 e. The van der Waals surface area contributed by atoms with E-state index >= 15 is 0 Å². The molecule has 2 rings (SSSR count). The molecule has 1 aromatic heterocycles. The maximum atomic E-state index is 5.90. The number of benzene rings is 1. The molecule has 2 N–H and O–H groups in total. The number of anilines is 2. The van der Waals surface area contributed by atoms with E-state index in [9.17, 15) is 0 Å². The first kappa shape index (κ1) is 11.9. The number of halogens is 1. The van der Waals surface area contributed by atoms with Crippen molar-refractivity contribution in [3.05, 3.63) is 22.7 Å². The molecule has 0 aliphatic heterocycles. The number of rotatable bonds is 3. The fourth-order valence-electron chi connectivity index (χ4n) is 1.35. The van der Waals surface area contributed by atoms with E-state index in [0.717, 1.165) is 16.6 Å². The Balaban J connectivity index is 2.37.